The van der Waals surface area contributed by atoms with Crippen LogP contribution >= 0.6 is 0 Å². The van der Waals surface area contributed by atoms with Crippen LogP contribution in [0.3, 0.4) is 0 Å². The highest BCUT2D eigenvalue weighted by Gasteiger charge is 2.24. The lowest BCUT2D eigenvalue weighted by Gasteiger charge is -2.37. The molecule has 1 saturated heterocycles. The van der Waals surface area contributed by atoms with Gasteiger partial charge in [-0.15, -0.1) is 0 Å². The van der Waals surface area contributed by atoms with Crippen LogP contribution in [0, 0.1) is 12.8 Å². The number of aryl methyl sites for hydroxylation is 2. The summed E-state index contributed by atoms with van der Waals surface area (Å²) in [6.45, 7) is 12.4. The van der Waals surface area contributed by atoms with Gasteiger partial charge in [-0.25, -0.2) is 0 Å². The Morgan fingerprint density at radius 3 is 2.48 bits per heavy atom. The van der Waals surface area contributed by atoms with Gasteiger partial charge in [0.05, 0.1) is 18.9 Å². The van der Waals surface area contributed by atoms with Gasteiger partial charge in [0.25, 0.3) is 0 Å². The van der Waals surface area contributed by atoms with Crippen LogP contribution in [-0.4, -0.2) is 67.7 Å². The minimum absolute atomic E-state index is 0.554. The number of nitrogens with zero attached hydrogens (tertiary/aromatic N) is 4. The van der Waals surface area contributed by atoms with E-state index in [1.807, 2.05) is 11.7 Å². The second-order valence-corrected chi connectivity index (χ2v) is 7.00. The van der Waals surface area contributed by atoms with E-state index in [1.54, 1.807) is 0 Å². The van der Waals surface area contributed by atoms with E-state index in [1.165, 1.54) is 11.4 Å². The lowest BCUT2D eigenvalue weighted by Crippen LogP contribution is -2.50. The number of aromatic nitrogens is 2. The highest BCUT2D eigenvalue weighted by Crippen LogP contribution is 2.21. The van der Waals surface area contributed by atoms with Crippen LogP contribution in [-0.2, 0) is 18.3 Å². The number of rotatable bonds is 7. The summed E-state index contributed by atoms with van der Waals surface area (Å²) < 4.78 is 7.45. The van der Waals surface area contributed by atoms with Crippen LogP contribution in [0.4, 0.5) is 5.82 Å². The Kier molecular flexibility index (Phi) is 6.44. The molecular formula is C17H33N5O. The Morgan fingerprint density at radius 2 is 1.91 bits per heavy atom. The molecule has 132 valence electrons. The lowest BCUT2D eigenvalue weighted by atomic mass is 10.0. The average Bonchev–Trinajstić information content (AvgIpc) is 2.78. The Labute approximate surface area is 140 Å². The second-order valence-electron chi connectivity index (χ2n) is 7.00. The van der Waals surface area contributed by atoms with Gasteiger partial charge in [0.2, 0.25) is 0 Å². The van der Waals surface area contributed by atoms with Gasteiger partial charge >= 0.3 is 0 Å². The minimum Gasteiger partial charge on any atom is -0.379 e. The van der Waals surface area contributed by atoms with Crippen LogP contribution in [0.1, 0.15) is 25.1 Å². The number of nitrogens with one attached hydrogen (secondary N) is 1. The normalized spacial score (nSPS) is 17.7. The molecular weight excluding hydrogens is 290 g/mol. The van der Waals surface area contributed by atoms with Crippen molar-refractivity contribution in [2.45, 2.75) is 33.4 Å². The van der Waals surface area contributed by atoms with Crippen LogP contribution in [0.15, 0.2) is 0 Å². The molecule has 2 rings (SSSR count). The standard InChI is InChI=1S/C17H33N5O/c1-13(2)16(22-7-9-23-10-8-22)12-18-11-15-14(3)19-21(6)17(15)20(4)5/h13,16,18H,7-12H2,1-6H3. The van der Waals surface area contributed by atoms with Crippen LogP contribution < -0.4 is 10.2 Å². The number of hydrogen-bond donors (Lipinski definition) is 1. The molecule has 1 aliphatic heterocycles. The molecule has 0 bridgehead atoms. The fourth-order valence-corrected chi connectivity index (χ4v) is 3.50. The smallest absolute Gasteiger partial charge is 0.130 e. The second kappa shape index (κ2) is 8.13. The number of ether oxygens (including phenoxy) is 1. The van der Waals surface area contributed by atoms with Crippen LogP contribution in [0.25, 0.3) is 0 Å². The number of morpholine rings is 1. The Hall–Kier alpha value is -1.11. The molecule has 23 heavy (non-hydrogen) atoms. The first-order valence-electron chi connectivity index (χ1n) is 8.64. The van der Waals surface area contributed by atoms with Crippen LogP contribution in [0.2, 0.25) is 0 Å². The van der Waals surface area contributed by atoms with E-state index in [2.05, 4.69) is 55.1 Å². The van der Waals surface area contributed by atoms with E-state index < -0.39 is 0 Å². The highest BCUT2D eigenvalue weighted by molar-refractivity contribution is 5.48. The molecule has 2 heterocycles. The third-order valence-electron chi connectivity index (χ3n) is 4.68. The van der Waals surface area contributed by atoms with Crippen molar-refractivity contribution in [1.82, 2.24) is 20.0 Å². The molecule has 1 atom stereocenters. The van der Waals surface area contributed by atoms with Crippen molar-refractivity contribution in [2.24, 2.45) is 13.0 Å². The summed E-state index contributed by atoms with van der Waals surface area (Å²) >= 11 is 0. The summed E-state index contributed by atoms with van der Waals surface area (Å²) in [6.07, 6.45) is 0. The van der Waals surface area contributed by atoms with Gasteiger partial charge in [-0.3, -0.25) is 9.58 Å². The summed E-state index contributed by atoms with van der Waals surface area (Å²) in [4.78, 5) is 4.70. The van der Waals surface area contributed by atoms with Crippen LogP contribution in [0.5, 0.6) is 0 Å². The van der Waals surface area contributed by atoms with Gasteiger partial charge in [0.15, 0.2) is 0 Å². The zero-order valence-electron chi connectivity index (χ0n) is 15.6. The van der Waals surface area contributed by atoms with Crippen molar-refractivity contribution in [3.63, 3.8) is 0 Å². The van der Waals surface area contributed by atoms with E-state index in [0.29, 0.717) is 12.0 Å². The predicted molar refractivity (Wildman–Crippen MR) is 95.0 cm³/mol. The SMILES string of the molecule is Cc1nn(C)c(N(C)C)c1CNCC(C(C)C)N1CCOCC1. The van der Waals surface area contributed by atoms with Crippen molar-refractivity contribution in [3.8, 4) is 0 Å². The first-order valence-corrected chi connectivity index (χ1v) is 8.64. The molecule has 6 nitrogen and oxygen atoms in total. The maximum Gasteiger partial charge on any atom is 0.130 e. The molecule has 0 saturated carbocycles. The molecule has 1 aliphatic rings. The molecule has 0 aliphatic carbocycles. The Bertz CT molecular complexity index is 491. The van der Waals surface area contributed by atoms with E-state index in [-0.39, 0.29) is 0 Å². The third-order valence-corrected chi connectivity index (χ3v) is 4.68. The fraction of sp³-hybridized carbons (Fsp3) is 0.824. The van der Waals surface area contributed by atoms with Gasteiger partial charge in [0.1, 0.15) is 5.82 Å². The zero-order valence-corrected chi connectivity index (χ0v) is 15.6. The quantitative estimate of drug-likeness (QED) is 0.818. The molecule has 1 aromatic rings. The average molecular weight is 323 g/mol. The summed E-state index contributed by atoms with van der Waals surface area (Å²) in [5.41, 5.74) is 2.40. The number of hydrogen-bond acceptors (Lipinski definition) is 5. The summed E-state index contributed by atoms with van der Waals surface area (Å²) in [7, 11) is 6.16. The van der Waals surface area contributed by atoms with Crippen molar-refractivity contribution >= 4 is 5.82 Å². The number of anilines is 1. The van der Waals surface area contributed by atoms with Gasteiger partial charge in [-0.2, -0.15) is 5.10 Å². The summed E-state index contributed by atoms with van der Waals surface area (Å²) in [5.74, 6) is 1.81. The summed E-state index contributed by atoms with van der Waals surface area (Å²) in [5, 5.41) is 8.23. The first kappa shape index (κ1) is 18.2. The van der Waals surface area contributed by atoms with Gasteiger partial charge in [-0.1, -0.05) is 13.8 Å². The molecule has 0 aromatic carbocycles. The maximum atomic E-state index is 5.49. The predicted octanol–water partition coefficient (Wildman–Crippen LogP) is 1.24. The maximum absolute atomic E-state index is 5.49. The molecule has 0 spiro atoms. The molecule has 6 heteroatoms. The topological polar surface area (TPSA) is 45.6 Å². The lowest BCUT2D eigenvalue weighted by molar-refractivity contribution is 0.00648. The third kappa shape index (κ3) is 4.46. The van der Waals surface area contributed by atoms with Gasteiger partial charge in [0, 0.05) is 58.9 Å². The van der Waals surface area contributed by atoms with Crippen molar-refractivity contribution < 1.29 is 4.74 Å². The first-order chi connectivity index (χ1) is 10.9. The molecule has 0 amide bonds. The molecule has 1 aromatic heterocycles. The minimum atomic E-state index is 0.554. The monoisotopic (exact) mass is 323 g/mol. The van der Waals surface area contributed by atoms with E-state index in [9.17, 15) is 0 Å². The van der Waals surface area contributed by atoms with Gasteiger partial charge < -0.3 is 15.0 Å². The Balaban J connectivity index is 1.97. The van der Waals surface area contributed by atoms with Crippen molar-refractivity contribution in [2.75, 3.05) is 51.8 Å². The molecule has 0 radical (unpaired) electrons. The highest BCUT2D eigenvalue weighted by atomic mass is 16.5. The van der Waals surface area contributed by atoms with Gasteiger partial charge in [-0.05, 0) is 12.8 Å². The largest absolute Gasteiger partial charge is 0.379 e. The summed E-state index contributed by atoms with van der Waals surface area (Å²) in [6, 6.07) is 0.554. The van der Waals surface area contributed by atoms with Crippen molar-refractivity contribution in [1.29, 1.82) is 0 Å². The fourth-order valence-electron chi connectivity index (χ4n) is 3.50. The Morgan fingerprint density at radius 1 is 1.26 bits per heavy atom. The van der Waals surface area contributed by atoms with E-state index in [0.717, 1.165) is 45.1 Å². The van der Waals surface area contributed by atoms with E-state index >= 15 is 0 Å². The zero-order chi connectivity index (χ0) is 17.0. The molecule has 1 unspecified atom stereocenters. The van der Waals surface area contributed by atoms with Crippen molar-refractivity contribution in [3.05, 3.63) is 11.3 Å². The van der Waals surface area contributed by atoms with E-state index in [4.69, 9.17) is 4.74 Å². The molecule has 1 N–H and O–H groups in total. The molecule has 1 fully saturated rings.